The minimum atomic E-state index is -0.981. The van der Waals surface area contributed by atoms with Crippen LogP contribution in [0, 0.1) is 24.2 Å². The number of nitrogens with zero attached hydrogens (tertiary/aromatic N) is 1. The van der Waals surface area contributed by atoms with Crippen molar-refractivity contribution in [1.82, 2.24) is 5.23 Å². The quantitative estimate of drug-likeness (QED) is 0.121. The minimum absolute atomic E-state index is 0.0195. The first-order chi connectivity index (χ1) is 17.3. The number of carbonyl (C=O) groups excluding carboxylic acids is 1. The van der Waals surface area contributed by atoms with E-state index in [1.807, 2.05) is 20.8 Å². The number of hydroxylamine groups is 2. The van der Waals surface area contributed by atoms with Gasteiger partial charge in [-0.25, -0.2) is 0 Å². The molecule has 0 radical (unpaired) electrons. The largest absolute Gasteiger partial charge is 0.491 e. The molecule has 1 aromatic rings. The van der Waals surface area contributed by atoms with Crippen LogP contribution < -0.4 is 10.1 Å². The summed E-state index contributed by atoms with van der Waals surface area (Å²) >= 11 is 0. The highest BCUT2D eigenvalue weighted by Crippen LogP contribution is 2.38. The number of aliphatic hydroxyl groups is 2. The Morgan fingerprint density at radius 3 is 2.39 bits per heavy atom. The summed E-state index contributed by atoms with van der Waals surface area (Å²) in [6, 6.07) is 7.06. The van der Waals surface area contributed by atoms with Crippen LogP contribution in [0.25, 0.3) is 0 Å². The number of nitrogens with one attached hydrogen (secondary N) is 1. The predicted molar refractivity (Wildman–Crippen MR) is 141 cm³/mol. The molecule has 2 rings (SSSR count). The molecule has 1 aliphatic rings. The molecular formula is C28H46N2O6. The smallest absolute Gasteiger partial charge is 0.224 e. The second kappa shape index (κ2) is 18.1. The predicted octanol–water partition coefficient (Wildman–Crippen LogP) is 5.00. The Balaban J connectivity index is 0.00000316. The lowest BCUT2D eigenvalue weighted by atomic mass is 9.71. The van der Waals surface area contributed by atoms with E-state index in [2.05, 4.69) is 11.2 Å². The first-order valence-electron chi connectivity index (χ1n) is 13.3. The van der Waals surface area contributed by atoms with E-state index in [-0.39, 0.29) is 42.0 Å². The number of unbranched alkanes of at least 4 members (excludes halogenated alkanes) is 3. The fraction of sp³-hybridized carbons (Fsp3) is 0.679. The van der Waals surface area contributed by atoms with Crippen molar-refractivity contribution in [1.29, 1.82) is 0 Å². The van der Waals surface area contributed by atoms with Gasteiger partial charge >= 0.3 is 0 Å². The molecule has 0 spiro atoms. The topological polar surface area (TPSA) is 122 Å². The fourth-order valence-corrected chi connectivity index (χ4v) is 4.39. The summed E-state index contributed by atoms with van der Waals surface area (Å²) in [6.07, 6.45) is 10.5. The molecule has 1 amide bonds. The van der Waals surface area contributed by atoms with E-state index in [1.54, 1.807) is 24.3 Å². The van der Waals surface area contributed by atoms with Gasteiger partial charge in [-0.05, 0) is 62.3 Å². The first-order valence-corrected chi connectivity index (χ1v) is 13.3. The van der Waals surface area contributed by atoms with E-state index < -0.39 is 12.2 Å². The molecule has 1 fully saturated rings. The lowest BCUT2D eigenvalue weighted by Gasteiger charge is -2.39. The average molecular weight is 507 g/mol. The third kappa shape index (κ3) is 12.2. The van der Waals surface area contributed by atoms with Crippen molar-refractivity contribution in [3.05, 3.63) is 24.3 Å². The second-order valence-electron chi connectivity index (χ2n) is 9.30. The van der Waals surface area contributed by atoms with Crippen molar-refractivity contribution >= 4 is 11.6 Å². The van der Waals surface area contributed by atoms with Crippen LogP contribution in [0.4, 0.5) is 5.69 Å². The van der Waals surface area contributed by atoms with Crippen LogP contribution in [-0.2, 0) is 4.79 Å². The van der Waals surface area contributed by atoms with Crippen LogP contribution in [0.15, 0.2) is 24.3 Å². The lowest BCUT2D eigenvalue weighted by Crippen LogP contribution is -2.42. The molecule has 36 heavy (non-hydrogen) atoms. The summed E-state index contributed by atoms with van der Waals surface area (Å²) in [5.74, 6) is 3.25. The molecule has 8 heteroatoms. The molecule has 1 aromatic carbocycles. The number of hydrogen-bond donors (Lipinski definition) is 5. The highest BCUT2D eigenvalue weighted by molar-refractivity contribution is 5.90. The van der Waals surface area contributed by atoms with E-state index in [4.69, 9.17) is 21.6 Å². The molecule has 5 N–H and O–H groups in total. The van der Waals surface area contributed by atoms with Crippen molar-refractivity contribution in [3.63, 3.8) is 0 Å². The van der Waals surface area contributed by atoms with Gasteiger partial charge in [-0.3, -0.25) is 15.2 Å². The van der Waals surface area contributed by atoms with Gasteiger partial charge in [0.25, 0.3) is 0 Å². The molecule has 1 aliphatic carbocycles. The molecule has 0 heterocycles. The summed E-state index contributed by atoms with van der Waals surface area (Å²) in [6.45, 7) is 5.85. The summed E-state index contributed by atoms with van der Waals surface area (Å²) in [5.41, 5.74) is 0.689. The van der Waals surface area contributed by atoms with Crippen LogP contribution in [0.5, 0.6) is 5.75 Å². The Hall–Kier alpha value is -2.15. The van der Waals surface area contributed by atoms with E-state index in [0.717, 1.165) is 44.9 Å². The number of rotatable bonds is 16. The monoisotopic (exact) mass is 506 g/mol. The van der Waals surface area contributed by atoms with Gasteiger partial charge in [0.1, 0.15) is 5.75 Å². The van der Waals surface area contributed by atoms with Gasteiger partial charge in [0, 0.05) is 24.9 Å². The summed E-state index contributed by atoms with van der Waals surface area (Å²) in [4.78, 5) is 12.0. The van der Waals surface area contributed by atoms with Crippen molar-refractivity contribution in [3.8, 4) is 18.1 Å². The maximum Gasteiger partial charge on any atom is 0.224 e. The van der Waals surface area contributed by atoms with Crippen molar-refractivity contribution in [2.45, 2.75) is 103 Å². The average Bonchev–Trinajstić information content (AvgIpc) is 2.82. The molecular weight excluding hydrogens is 460 g/mol. The van der Waals surface area contributed by atoms with Gasteiger partial charge in [0.15, 0.2) is 0 Å². The van der Waals surface area contributed by atoms with Gasteiger partial charge in [-0.1, -0.05) is 44.8 Å². The number of benzene rings is 1. The van der Waals surface area contributed by atoms with E-state index in [1.165, 1.54) is 0 Å². The zero-order valence-corrected chi connectivity index (χ0v) is 22.1. The van der Waals surface area contributed by atoms with Gasteiger partial charge < -0.3 is 20.3 Å². The summed E-state index contributed by atoms with van der Waals surface area (Å²) in [5, 5.41) is 42.4. The number of anilines is 1. The summed E-state index contributed by atoms with van der Waals surface area (Å²) < 4.78 is 5.89. The zero-order valence-electron chi connectivity index (χ0n) is 22.1. The van der Waals surface area contributed by atoms with E-state index in [9.17, 15) is 15.0 Å². The number of terminal acetylenes is 1. The minimum Gasteiger partial charge on any atom is -0.491 e. The van der Waals surface area contributed by atoms with Crippen molar-refractivity contribution in [2.24, 2.45) is 11.8 Å². The summed E-state index contributed by atoms with van der Waals surface area (Å²) in [7, 11) is 0. The number of hydrogen-bond acceptors (Lipinski definition) is 7. The molecule has 0 bridgehead atoms. The SMILES string of the molecule is C#CCCCCCC(=O)Nc1ccc(O[C@@H](C)CC(O)[C@H](O)C(CCN(O)O)C2CCC2)cc1.CC. The van der Waals surface area contributed by atoms with Gasteiger partial charge in [-0.15, -0.1) is 12.3 Å². The number of amides is 1. The van der Waals surface area contributed by atoms with Crippen molar-refractivity contribution in [2.75, 3.05) is 11.9 Å². The Bertz CT molecular complexity index is 760. The Morgan fingerprint density at radius 2 is 1.83 bits per heavy atom. The van der Waals surface area contributed by atoms with Gasteiger partial charge in [0.05, 0.1) is 24.9 Å². The highest BCUT2D eigenvalue weighted by atomic mass is 16.8. The number of aliphatic hydroxyl groups excluding tert-OH is 2. The van der Waals surface area contributed by atoms with Gasteiger partial charge in [0.2, 0.25) is 5.91 Å². The number of ether oxygens (including phenoxy) is 1. The second-order valence-corrected chi connectivity index (χ2v) is 9.30. The van der Waals surface area contributed by atoms with Crippen LogP contribution in [0.1, 0.15) is 85.0 Å². The third-order valence-electron chi connectivity index (χ3n) is 6.52. The van der Waals surface area contributed by atoms with E-state index >= 15 is 0 Å². The van der Waals surface area contributed by atoms with Gasteiger partial charge in [-0.2, -0.15) is 0 Å². The molecule has 204 valence electrons. The highest BCUT2D eigenvalue weighted by Gasteiger charge is 2.36. The lowest BCUT2D eigenvalue weighted by molar-refractivity contribution is -0.309. The van der Waals surface area contributed by atoms with E-state index in [0.29, 0.717) is 24.3 Å². The maximum absolute atomic E-state index is 12.0. The molecule has 0 aliphatic heterocycles. The zero-order chi connectivity index (χ0) is 26.9. The standard InChI is InChI=1S/C26H40N2O6.C2H6/c1-3-4-5-6-7-11-25(30)27-21-12-14-22(15-13-21)34-19(2)18-24(29)26(31)23(16-17-28(32)33)20-9-8-10-20;1-2/h1,12-15,19-20,23-24,26,29,31-33H,4-11,16-18H2,2H3,(H,27,30);1-2H3/t19-,23?,24?,26+;/m0./s1. The molecule has 8 nitrogen and oxygen atoms in total. The molecule has 2 unspecified atom stereocenters. The molecule has 4 atom stereocenters. The van der Waals surface area contributed by atoms with Crippen LogP contribution in [0.2, 0.25) is 0 Å². The maximum atomic E-state index is 12.0. The third-order valence-corrected chi connectivity index (χ3v) is 6.52. The molecule has 1 saturated carbocycles. The Labute approximate surface area is 216 Å². The normalized spacial score (nSPS) is 16.5. The van der Waals surface area contributed by atoms with Crippen LogP contribution >= 0.6 is 0 Å². The van der Waals surface area contributed by atoms with Crippen LogP contribution in [0.3, 0.4) is 0 Å². The Kier molecular flexibility index (Phi) is 16.1. The van der Waals surface area contributed by atoms with Crippen molar-refractivity contribution < 1.29 is 30.2 Å². The Morgan fingerprint density at radius 1 is 1.17 bits per heavy atom. The van der Waals surface area contributed by atoms with Crippen LogP contribution in [-0.4, -0.2) is 56.6 Å². The fourth-order valence-electron chi connectivity index (χ4n) is 4.39. The number of carbonyl (C=O) groups is 1. The molecule has 0 saturated heterocycles. The molecule has 0 aromatic heterocycles. The first kappa shape index (κ1) is 31.9.